The van der Waals surface area contributed by atoms with Crippen LogP contribution in [0.1, 0.15) is 58.8 Å². The highest BCUT2D eigenvalue weighted by Gasteiger charge is 2.25. The van der Waals surface area contributed by atoms with E-state index in [2.05, 4.69) is 10.6 Å². The van der Waals surface area contributed by atoms with E-state index < -0.39 is 0 Å². The Balaban J connectivity index is 1.94. The highest BCUT2D eigenvalue weighted by Crippen LogP contribution is 2.25. The van der Waals surface area contributed by atoms with Gasteiger partial charge in [-0.3, -0.25) is 14.4 Å². The Morgan fingerprint density at radius 3 is 2.12 bits per heavy atom. The zero-order valence-electron chi connectivity index (χ0n) is 16.2. The van der Waals surface area contributed by atoms with Crippen molar-refractivity contribution in [1.82, 2.24) is 10.6 Å². The van der Waals surface area contributed by atoms with Crippen molar-refractivity contribution in [2.75, 3.05) is 33.0 Å². The minimum Gasteiger partial charge on any atom is -0.379 e. The summed E-state index contributed by atoms with van der Waals surface area (Å²) in [7, 11) is 0. The van der Waals surface area contributed by atoms with Crippen LogP contribution in [0.4, 0.5) is 0 Å². The number of ether oxygens (including phenoxy) is 2. The normalized spacial score (nSPS) is 19.8. The summed E-state index contributed by atoms with van der Waals surface area (Å²) in [5.41, 5.74) is 0. The molecule has 2 N–H and O–H groups in total. The summed E-state index contributed by atoms with van der Waals surface area (Å²) in [5.74, 6) is 0.546. The average molecular weight is 370 g/mol. The fourth-order valence-corrected chi connectivity index (χ4v) is 3.02. The molecule has 150 valence electrons. The molecule has 0 unspecified atom stereocenters. The lowest BCUT2D eigenvalue weighted by molar-refractivity contribution is -0.124. The molecule has 0 spiro atoms. The summed E-state index contributed by atoms with van der Waals surface area (Å²) in [6, 6.07) is 0.185. The molecule has 1 aliphatic carbocycles. The summed E-state index contributed by atoms with van der Waals surface area (Å²) < 4.78 is 10.7. The van der Waals surface area contributed by atoms with Crippen LogP contribution in [0.15, 0.2) is 0 Å². The third-order valence-electron chi connectivity index (χ3n) is 4.63. The first-order valence-electron chi connectivity index (χ1n) is 9.81. The van der Waals surface area contributed by atoms with E-state index in [9.17, 15) is 14.4 Å². The van der Waals surface area contributed by atoms with Crippen LogP contribution < -0.4 is 10.6 Å². The predicted molar refractivity (Wildman–Crippen MR) is 98.7 cm³/mol. The van der Waals surface area contributed by atoms with Gasteiger partial charge in [-0.15, -0.1) is 0 Å². The van der Waals surface area contributed by atoms with Gasteiger partial charge in [0.15, 0.2) is 0 Å². The topological polar surface area (TPSA) is 93.7 Å². The molecule has 0 atom stereocenters. The largest absolute Gasteiger partial charge is 0.379 e. The van der Waals surface area contributed by atoms with Crippen LogP contribution in [0.25, 0.3) is 0 Å². The lowest BCUT2D eigenvalue weighted by atomic mass is 9.83. The average Bonchev–Trinajstić information content (AvgIpc) is 2.66. The molecule has 1 aliphatic rings. The molecule has 7 nitrogen and oxygen atoms in total. The number of hydrogen-bond donors (Lipinski definition) is 2. The van der Waals surface area contributed by atoms with Crippen LogP contribution in [0.3, 0.4) is 0 Å². The van der Waals surface area contributed by atoms with E-state index in [4.69, 9.17) is 9.47 Å². The molecule has 7 heteroatoms. The van der Waals surface area contributed by atoms with Gasteiger partial charge in [0.05, 0.1) is 26.4 Å². The second-order valence-corrected chi connectivity index (χ2v) is 6.61. The van der Waals surface area contributed by atoms with E-state index in [-0.39, 0.29) is 23.8 Å². The van der Waals surface area contributed by atoms with Crippen LogP contribution in [0, 0.1) is 5.92 Å². The van der Waals surface area contributed by atoms with Gasteiger partial charge in [0, 0.05) is 37.8 Å². The Morgan fingerprint density at radius 1 is 0.846 bits per heavy atom. The zero-order chi connectivity index (χ0) is 19.2. The predicted octanol–water partition coefficient (Wildman–Crippen LogP) is 1.59. The van der Waals surface area contributed by atoms with Crippen LogP contribution in [-0.2, 0) is 23.9 Å². The lowest BCUT2D eigenvalue weighted by Crippen LogP contribution is -2.39. The van der Waals surface area contributed by atoms with Crippen molar-refractivity contribution < 1.29 is 23.9 Å². The van der Waals surface area contributed by atoms with E-state index in [1.54, 1.807) is 6.92 Å². The quantitative estimate of drug-likeness (QED) is 0.480. The number of Topliss-reactive ketones (excluding diaryl/α,β-unsaturated/α-hetero) is 1. The van der Waals surface area contributed by atoms with Gasteiger partial charge in [0.1, 0.15) is 5.78 Å². The fourth-order valence-electron chi connectivity index (χ4n) is 3.02. The van der Waals surface area contributed by atoms with Crippen molar-refractivity contribution in [1.29, 1.82) is 0 Å². The van der Waals surface area contributed by atoms with Gasteiger partial charge >= 0.3 is 0 Å². The summed E-state index contributed by atoms with van der Waals surface area (Å²) in [6.45, 7) is 5.91. The van der Waals surface area contributed by atoms with Crippen molar-refractivity contribution in [2.24, 2.45) is 5.92 Å². The van der Waals surface area contributed by atoms with Crippen LogP contribution in [0.5, 0.6) is 0 Å². The minimum absolute atomic E-state index is 0.00142. The van der Waals surface area contributed by atoms with Gasteiger partial charge < -0.3 is 20.1 Å². The molecule has 26 heavy (non-hydrogen) atoms. The first-order chi connectivity index (χ1) is 12.6. The highest BCUT2D eigenvalue weighted by atomic mass is 16.5. The second kappa shape index (κ2) is 13.7. The molecule has 2 amide bonds. The van der Waals surface area contributed by atoms with E-state index in [1.165, 1.54) is 0 Å². The number of ketones is 1. The number of carbonyl (C=O) groups excluding carboxylic acids is 3. The Hall–Kier alpha value is -1.47. The van der Waals surface area contributed by atoms with Crippen LogP contribution in [0.2, 0.25) is 0 Å². The van der Waals surface area contributed by atoms with E-state index in [0.29, 0.717) is 58.0 Å². The maximum absolute atomic E-state index is 11.9. The summed E-state index contributed by atoms with van der Waals surface area (Å²) >= 11 is 0. The first kappa shape index (κ1) is 22.6. The maximum Gasteiger partial charge on any atom is 0.222 e. The van der Waals surface area contributed by atoms with Crippen LogP contribution in [-0.4, -0.2) is 56.6 Å². The van der Waals surface area contributed by atoms with Crippen molar-refractivity contribution in [3.63, 3.8) is 0 Å². The Morgan fingerprint density at radius 2 is 1.50 bits per heavy atom. The van der Waals surface area contributed by atoms with Gasteiger partial charge in [-0.25, -0.2) is 0 Å². The van der Waals surface area contributed by atoms with Crippen molar-refractivity contribution in [3.8, 4) is 0 Å². The number of nitrogens with one attached hydrogen (secondary N) is 2. The third kappa shape index (κ3) is 9.87. The van der Waals surface area contributed by atoms with Crippen molar-refractivity contribution in [3.05, 3.63) is 0 Å². The van der Waals surface area contributed by atoms with Crippen molar-refractivity contribution in [2.45, 2.75) is 64.8 Å². The molecule has 0 aromatic rings. The molecule has 0 saturated heterocycles. The van der Waals surface area contributed by atoms with Gasteiger partial charge in [-0.05, 0) is 25.7 Å². The SMILES string of the molecule is CCC(=O)NCCOCCOCCC(=O)NC1CCC(C(=O)CC)CC1. The molecular weight excluding hydrogens is 336 g/mol. The fraction of sp³-hybridized carbons (Fsp3) is 0.842. The minimum atomic E-state index is -0.00142. The molecule has 0 aromatic heterocycles. The summed E-state index contributed by atoms with van der Waals surface area (Å²) in [5, 5.41) is 5.75. The third-order valence-corrected chi connectivity index (χ3v) is 4.63. The Labute approximate surface area is 156 Å². The Kier molecular flexibility index (Phi) is 11.9. The molecule has 0 bridgehead atoms. The number of rotatable bonds is 13. The molecule has 1 fully saturated rings. The van der Waals surface area contributed by atoms with E-state index in [0.717, 1.165) is 25.7 Å². The summed E-state index contributed by atoms with van der Waals surface area (Å²) in [4.78, 5) is 34.6. The zero-order valence-corrected chi connectivity index (χ0v) is 16.2. The molecular formula is C19H34N2O5. The van der Waals surface area contributed by atoms with Gasteiger partial charge in [-0.2, -0.15) is 0 Å². The molecule has 1 saturated carbocycles. The molecule has 0 radical (unpaired) electrons. The Bertz CT molecular complexity index is 434. The molecule has 0 aliphatic heterocycles. The van der Waals surface area contributed by atoms with Gasteiger partial charge in [-0.1, -0.05) is 13.8 Å². The second-order valence-electron chi connectivity index (χ2n) is 6.61. The standard InChI is InChI=1S/C19H34N2O5/c1-3-17(22)15-5-7-16(8-6-15)21-19(24)9-11-25-13-14-26-12-10-20-18(23)4-2/h15-16H,3-14H2,1-2H3,(H,20,23)(H,21,24). The summed E-state index contributed by atoms with van der Waals surface area (Å²) in [6.07, 6.45) is 4.94. The van der Waals surface area contributed by atoms with E-state index in [1.807, 2.05) is 6.92 Å². The number of hydrogen-bond acceptors (Lipinski definition) is 5. The number of carbonyl (C=O) groups is 3. The van der Waals surface area contributed by atoms with E-state index >= 15 is 0 Å². The molecule has 0 heterocycles. The number of amides is 2. The monoisotopic (exact) mass is 370 g/mol. The van der Waals surface area contributed by atoms with Gasteiger partial charge in [0.25, 0.3) is 0 Å². The maximum atomic E-state index is 11.9. The van der Waals surface area contributed by atoms with Crippen molar-refractivity contribution >= 4 is 17.6 Å². The first-order valence-corrected chi connectivity index (χ1v) is 9.81. The van der Waals surface area contributed by atoms with Gasteiger partial charge in [0.2, 0.25) is 11.8 Å². The molecule has 1 rings (SSSR count). The lowest BCUT2D eigenvalue weighted by Gasteiger charge is -2.28. The smallest absolute Gasteiger partial charge is 0.222 e. The molecule has 0 aromatic carbocycles. The van der Waals surface area contributed by atoms with Crippen LogP contribution >= 0.6 is 0 Å². The highest BCUT2D eigenvalue weighted by molar-refractivity contribution is 5.81.